The van der Waals surface area contributed by atoms with Crippen LogP contribution < -0.4 is 5.32 Å². The predicted molar refractivity (Wildman–Crippen MR) is 117 cm³/mol. The first kappa shape index (κ1) is 20.1. The second-order valence-corrected chi connectivity index (χ2v) is 8.40. The van der Waals surface area contributed by atoms with E-state index in [0.717, 1.165) is 34.1 Å². The SMILES string of the molecule is Cc1ccc([C@H](CNC(=O)c2oc3ccc(Br)cc3c2C)N2CCOCC2)cc1. The Kier molecular flexibility index (Phi) is 6.04. The number of carbonyl (C=O) groups is 1. The topological polar surface area (TPSA) is 54.7 Å². The van der Waals surface area contributed by atoms with Gasteiger partial charge in [0.2, 0.25) is 0 Å². The minimum Gasteiger partial charge on any atom is -0.451 e. The third kappa shape index (κ3) is 4.39. The van der Waals surface area contributed by atoms with Crippen molar-refractivity contribution < 1.29 is 13.9 Å². The molecule has 3 aromatic rings. The molecule has 5 nitrogen and oxygen atoms in total. The summed E-state index contributed by atoms with van der Waals surface area (Å²) in [6.45, 7) is 7.66. The lowest BCUT2D eigenvalue weighted by Gasteiger charge is -2.35. The molecule has 0 radical (unpaired) electrons. The Labute approximate surface area is 179 Å². The number of nitrogens with zero attached hydrogens (tertiary/aromatic N) is 1. The number of amides is 1. The van der Waals surface area contributed by atoms with E-state index in [1.165, 1.54) is 11.1 Å². The highest BCUT2D eigenvalue weighted by molar-refractivity contribution is 9.10. The number of hydrogen-bond donors (Lipinski definition) is 1. The van der Waals surface area contributed by atoms with E-state index in [1.807, 2.05) is 25.1 Å². The maximum atomic E-state index is 12.9. The van der Waals surface area contributed by atoms with Gasteiger partial charge in [0.25, 0.3) is 5.91 Å². The fourth-order valence-corrected chi connectivity index (χ4v) is 4.18. The third-order valence-electron chi connectivity index (χ3n) is 5.51. The fourth-order valence-electron chi connectivity index (χ4n) is 3.81. The van der Waals surface area contributed by atoms with Gasteiger partial charge in [0.05, 0.1) is 19.3 Å². The molecule has 6 heteroatoms. The summed E-state index contributed by atoms with van der Waals surface area (Å²) in [5.41, 5.74) is 4.00. The van der Waals surface area contributed by atoms with Crippen LogP contribution in [0.25, 0.3) is 11.0 Å². The van der Waals surface area contributed by atoms with Gasteiger partial charge in [0, 0.05) is 35.1 Å². The van der Waals surface area contributed by atoms with E-state index in [1.54, 1.807) is 0 Å². The molecule has 1 saturated heterocycles. The average Bonchev–Trinajstić information content (AvgIpc) is 3.06. The number of nitrogens with one attached hydrogen (secondary N) is 1. The molecule has 1 fully saturated rings. The normalized spacial score (nSPS) is 16.1. The number of hydrogen-bond acceptors (Lipinski definition) is 4. The number of morpholine rings is 1. The molecule has 0 spiro atoms. The predicted octanol–water partition coefficient (Wildman–Crippen LogP) is 4.62. The van der Waals surface area contributed by atoms with Crippen molar-refractivity contribution in [3.8, 4) is 0 Å². The maximum absolute atomic E-state index is 12.9. The number of benzene rings is 2. The van der Waals surface area contributed by atoms with Gasteiger partial charge in [0.15, 0.2) is 5.76 Å². The summed E-state index contributed by atoms with van der Waals surface area (Å²) in [5, 5.41) is 4.05. The summed E-state index contributed by atoms with van der Waals surface area (Å²) in [6.07, 6.45) is 0. The van der Waals surface area contributed by atoms with Crippen molar-refractivity contribution in [3.05, 3.63) is 69.4 Å². The van der Waals surface area contributed by atoms with Crippen molar-refractivity contribution in [1.82, 2.24) is 10.2 Å². The van der Waals surface area contributed by atoms with Crippen LogP contribution in [0.3, 0.4) is 0 Å². The molecule has 0 saturated carbocycles. The zero-order valence-corrected chi connectivity index (χ0v) is 18.3. The van der Waals surface area contributed by atoms with Crippen molar-refractivity contribution in [2.75, 3.05) is 32.8 Å². The van der Waals surface area contributed by atoms with E-state index >= 15 is 0 Å². The molecule has 0 unspecified atom stereocenters. The van der Waals surface area contributed by atoms with Crippen LogP contribution in [-0.4, -0.2) is 43.7 Å². The molecule has 152 valence electrons. The Bertz CT molecular complexity index is 1010. The van der Waals surface area contributed by atoms with E-state index in [4.69, 9.17) is 9.15 Å². The number of ether oxygens (including phenoxy) is 1. The summed E-state index contributed by atoms with van der Waals surface area (Å²) in [6, 6.07) is 14.4. The van der Waals surface area contributed by atoms with E-state index in [2.05, 4.69) is 57.3 Å². The highest BCUT2D eigenvalue weighted by Crippen LogP contribution is 2.28. The van der Waals surface area contributed by atoms with Crippen LogP contribution in [0, 0.1) is 13.8 Å². The molecule has 2 aromatic carbocycles. The molecule has 2 heterocycles. The molecule has 0 aliphatic carbocycles. The minimum absolute atomic E-state index is 0.0993. The van der Waals surface area contributed by atoms with Crippen LogP contribution in [0.5, 0.6) is 0 Å². The standard InChI is InChI=1S/C23H25BrN2O3/c1-15-3-5-17(6-4-15)20(26-9-11-28-12-10-26)14-25-23(27)22-16(2)19-13-18(24)7-8-21(19)29-22/h3-8,13,20H,9-12,14H2,1-2H3,(H,25,27)/t20-/m0/s1. The highest BCUT2D eigenvalue weighted by Gasteiger charge is 2.25. The van der Waals surface area contributed by atoms with Gasteiger partial charge in [-0.15, -0.1) is 0 Å². The number of fused-ring (bicyclic) bond motifs is 1. The summed E-state index contributed by atoms with van der Waals surface area (Å²) >= 11 is 3.48. The summed E-state index contributed by atoms with van der Waals surface area (Å²) < 4.78 is 12.3. The van der Waals surface area contributed by atoms with Crippen LogP contribution in [-0.2, 0) is 4.74 Å². The molecule has 1 aromatic heterocycles. The molecule has 1 N–H and O–H groups in total. The van der Waals surface area contributed by atoms with Crippen molar-refractivity contribution in [3.63, 3.8) is 0 Å². The Hall–Kier alpha value is -2.15. The average molecular weight is 457 g/mol. The summed E-state index contributed by atoms with van der Waals surface area (Å²) in [4.78, 5) is 15.3. The first-order valence-corrected chi connectivity index (χ1v) is 10.7. The van der Waals surface area contributed by atoms with Gasteiger partial charge in [-0.05, 0) is 37.6 Å². The monoisotopic (exact) mass is 456 g/mol. The number of furan rings is 1. The van der Waals surface area contributed by atoms with E-state index < -0.39 is 0 Å². The van der Waals surface area contributed by atoms with Crippen LogP contribution in [0.1, 0.15) is 33.3 Å². The molecule has 4 rings (SSSR count). The second-order valence-electron chi connectivity index (χ2n) is 7.48. The number of carbonyl (C=O) groups excluding carboxylic acids is 1. The lowest BCUT2D eigenvalue weighted by atomic mass is 10.0. The zero-order chi connectivity index (χ0) is 20.4. The quantitative estimate of drug-likeness (QED) is 0.608. The maximum Gasteiger partial charge on any atom is 0.287 e. The zero-order valence-electron chi connectivity index (χ0n) is 16.7. The number of halogens is 1. The molecular weight excluding hydrogens is 432 g/mol. The Morgan fingerprint density at radius 1 is 1.14 bits per heavy atom. The Morgan fingerprint density at radius 2 is 1.86 bits per heavy atom. The van der Waals surface area contributed by atoms with Gasteiger partial charge in [-0.3, -0.25) is 9.69 Å². The lowest BCUT2D eigenvalue weighted by Crippen LogP contribution is -2.43. The lowest BCUT2D eigenvalue weighted by molar-refractivity contribution is 0.0161. The van der Waals surface area contributed by atoms with Crippen LogP contribution in [0.2, 0.25) is 0 Å². The molecule has 29 heavy (non-hydrogen) atoms. The van der Waals surface area contributed by atoms with Gasteiger partial charge in [-0.2, -0.15) is 0 Å². The smallest absolute Gasteiger partial charge is 0.287 e. The fraction of sp³-hybridized carbons (Fsp3) is 0.348. The Morgan fingerprint density at radius 3 is 2.59 bits per heavy atom. The van der Waals surface area contributed by atoms with Crippen molar-refractivity contribution in [2.45, 2.75) is 19.9 Å². The first-order chi connectivity index (χ1) is 14.0. The van der Waals surface area contributed by atoms with Gasteiger partial charge >= 0.3 is 0 Å². The van der Waals surface area contributed by atoms with Crippen LogP contribution >= 0.6 is 15.9 Å². The van der Waals surface area contributed by atoms with Gasteiger partial charge in [-0.25, -0.2) is 0 Å². The minimum atomic E-state index is -0.180. The number of aryl methyl sites for hydroxylation is 2. The number of rotatable bonds is 5. The molecule has 1 aliphatic heterocycles. The largest absolute Gasteiger partial charge is 0.451 e. The molecule has 1 atom stereocenters. The molecule has 1 amide bonds. The van der Waals surface area contributed by atoms with Gasteiger partial charge in [0.1, 0.15) is 5.58 Å². The van der Waals surface area contributed by atoms with E-state index in [-0.39, 0.29) is 11.9 Å². The molecule has 1 aliphatic rings. The van der Waals surface area contributed by atoms with Crippen molar-refractivity contribution >= 4 is 32.8 Å². The summed E-state index contributed by atoms with van der Waals surface area (Å²) in [7, 11) is 0. The van der Waals surface area contributed by atoms with Gasteiger partial charge < -0.3 is 14.5 Å². The van der Waals surface area contributed by atoms with Crippen LogP contribution in [0.4, 0.5) is 0 Å². The Balaban J connectivity index is 1.54. The van der Waals surface area contributed by atoms with Crippen LogP contribution in [0.15, 0.2) is 51.4 Å². The first-order valence-electron chi connectivity index (χ1n) is 9.88. The highest BCUT2D eigenvalue weighted by atomic mass is 79.9. The van der Waals surface area contributed by atoms with E-state index in [0.29, 0.717) is 25.5 Å². The van der Waals surface area contributed by atoms with Crippen molar-refractivity contribution in [1.29, 1.82) is 0 Å². The van der Waals surface area contributed by atoms with Crippen molar-refractivity contribution in [2.24, 2.45) is 0 Å². The second kappa shape index (κ2) is 8.69. The summed E-state index contributed by atoms with van der Waals surface area (Å²) in [5.74, 6) is 0.197. The molecule has 0 bridgehead atoms. The van der Waals surface area contributed by atoms with E-state index in [9.17, 15) is 4.79 Å². The van der Waals surface area contributed by atoms with Gasteiger partial charge in [-0.1, -0.05) is 45.8 Å². The molecular formula is C23H25BrN2O3. The third-order valence-corrected chi connectivity index (χ3v) is 6.00.